The van der Waals surface area contributed by atoms with E-state index in [2.05, 4.69) is 35.3 Å². The van der Waals surface area contributed by atoms with E-state index in [9.17, 15) is 0 Å². The van der Waals surface area contributed by atoms with Crippen LogP contribution in [0.4, 0.5) is 5.69 Å². The van der Waals surface area contributed by atoms with Gasteiger partial charge in [0.25, 0.3) is 0 Å². The minimum absolute atomic E-state index is 0.453. The van der Waals surface area contributed by atoms with E-state index in [0.717, 1.165) is 5.69 Å². The Balaban J connectivity index is 1.71. The second-order valence-corrected chi connectivity index (χ2v) is 6.73. The molecule has 1 aromatic rings. The normalized spacial score (nSPS) is 20.8. The molecule has 0 spiro atoms. The molecule has 0 aromatic heterocycles. The van der Waals surface area contributed by atoms with Crippen LogP contribution >= 0.6 is 24.4 Å². The molecule has 0 radical (unpaired) electrons. The summed E-state index contributed by atoms with van der Waals surface area (Å²) < 4.78 is 0. The second-order valence-electron chi connectivity index (χ2n) is 5.91. The first-order valence-electron chi connectivity index (χ1n) is 7.75. The van der Waals surface area contributed by atoms with Crippen LogP contribution in [-0.4, -0.2) is 16.3 Å². The summed E-state index contributed by atoms with van der Waals surface area (Å²) in [5.74, 6) is 0.658. The summed E-state index contributed by atoms with van der Waals surface area (Å²) in [5.41, 5.74) is 8.03. The number of anilines is 1. The van der Waals surface area contributed by atoms with Gasteiger partial charge < -0.3 is 10.6 Å². The Morgan fingerprint density at radius 2 is 1.64 bits per heavy atom. The van der Waals surface area contributed by atoms with Crippen molar-refractivity contribution in [1.82, 2.24) is 16.2 Å². The quantitative estimate of drug-likeness (QED) is 0.491. The molecule has 6 heteroatoms. The number of rotatable bonds is 2. The SMILES string of the molecule is Cc1ccc(NC(=S)NNC(=S)N[C@H]2CCCC[C@H]2C)cc1. The first-order chi connectivity index (χ1) is 10.5. The fourth-order valence-electron chi connectivity index (χ4n) is 2.65. The van der Waals surface area contributed by atoms with Crippen LogP contribution in [0.15, 0.2) is 24.3 Å². The topological polar surface area (TPSA) is 48.1 Å². The van der Waals surface area contributed by atoms with Gasteiger partial charge in [0.15, 0.2) is 10.2 Å². The average Bonchev–Trinajstić information content (AvgIpc) is 2.50. The van der Waals surface area contributed by atoms with Gasteiger partial charge in [-0.15, -0.1) is 0 Å². The summed E-state index contributed by atoms with van der Waals surface area (Å²) in [6.07, 6.45) is 5.03. The van der Waals surface area contributed by atoms with Crippen LogP contribution in [-0.2, 0) is 0 Å². The molecule has 120 valence electrons. The molecule has 1 aliphatic rings. The Morgan fingerprint density at radius 1 is 1.00 bits per heavy atom. The van der Waals surface area contributed by atoms with Crippen LogP contribution in [0.25, 0.3) is 0 Å². The number of nitrogens with one attached hydrogen (secondary N) is 4. The second kappa shape index (κ2) is 8.29. The molecule has 0 amide bonds. The molecule has 1 saturated carbocycles. The highest BCUT2D eigenvalue weighted by Crippen LogP contribution is 2.23. The van der Waals surface area contributed by atoms with Crippen molar-refractivity contribution < 1.29 is 0 Å². The van der Waals surface area contributed by atoms with Gasteiger partial charge in [0.05, 0.1) is 0 Å². The van der Waals surface area contributed by atoms with Gasteiger partial charge >= 0.3 is 0 Å². The van der Waals surface area contributed by atoms with E-state index in [4.69, 9.17) is 24.4 Å². The molecule has 1 aliphatic carbocycles. The maximum atomic E-state index is 5.32. The number of aryl methyl sites for hydroxylation is 1. The van der Waals surface area contributed by atoms with E-state index in [0.29, 0.717) is 22.2 Å². The van der Waals surface area contributed by atoms with Crippen LogP contribution in [0.1, 0.15) is 38.2 Å². The highest BCUT2D eigenvalue weighted by Gasteiger charge is 2.21. The third kappa shape index (κ3) is 5.42. The fraction of sp³-hybridized carbons (Fsp3) is 0.500. The van der Waals surface area contributed by atoms with E-state index in [-0.39, 0.29) is 0 Å². The minimum Gasteiger partial charge on any atom is -0.358 e. The Morgan fingerprint density at radius 3 is 2.32 bits per heavy atom. The zero-order valence-electron chi connectivity index (χ0n) is 13.1. The predicted molar refractivity (Wildman–Crippen MR) is 101 cm³/mol. The van der Waals surface area contributed by atoms with Crippen molar-refractivity contribution in [3.05, 3.63) is 29.8 Å². The Labute approximate surface area is 143 Å². The number of benzene rings is 1. The van der Waals surface area contributed by atoms with Gasteiger partial charge in [-0.2, -0.15) is 0 Å². The number of thiocarbonyl (C=S) groups is 2. The summed E-state index contributed by atoms with van der Waals surface area (Å²) in [5, 5.41) is 7.55. The third-order valence-electron chi connectivity index (χ3n) is 4.03. The van der Waals surface area contributed by atoms with Crippen molar-refractivity contribution in [2.24, 2.45) is 5.92 Å². The lowest BCUT2D eigenvalue weighted by Crippen LogP contribution is -2.52. The Kier molecular flexibility index (Phi) is 6.39. The molecule has 0 unspecified atom stereocenters. The van der Waals surface area contributed by atoms with E-state index in [1.807, 2.05) is 24.3 Å². The van der Waals surface area contributed by atoms with Gasteiger partial charge in [-0.3, -0.25) is 10.9 Å². The molecule has 0 bridgehead atoms. The molecular formula is C16H24N4S2. The van der Waals surface area contributed by atoms with E-state index in [1.165, 1.54) is 31.2 Å². The summed E-state index contributed by atoms with van der Waals surface area (Å²) >= 11 is 10.6. The fourth-order valence-corrected chi connectivity index (χ4v) is 3.02. The van der Waals surface area contributed by atoms with Gasteiger partial charge in [0, 0.05) is 11.7 Å². The van der Waals surface area contributed by atoms with Gasteiger partial charge in [-0.1, -0.05) is 37.5 Å². The summed E-state index contributed by atoms with van der Waals surface area (Å²) in [4.78, 5) is 0. The summed E-state index contributed by atoms with van der Waals surface area (Å²) in [6, 6.07) is 8.51. The van der Waals surface area contributed by atoms with Crippen molar-refractivity contribution in [1.29, 1.82) is 0 Å². The van der Waals surface area contributed by atoms with E-state index >= 15 is 0 Å². The van der Waals surface area contributed by atoms with Crippen LogP contribution < -0.4 is 21.5 Å². The van der Waals surface area contributed by atoms with Crippen LogP contribution in [0, 0.1) is 12.8 Å². The number of hydrogen-bond donors (Lipinski definition) is 4. The van der Waals surface area contributed by atoms with Gasteiger partial charge in [-0.25, -0.2) is 0 Å². The maximum absolute atomic E-state index is 5.32. The monoisotopic (exact) mass is 336 g/mol. The maximum Gasteiger partial charge on any atom is 0.189 e. The lowest BCUT2D eigenvalue weighted by molar-refractivity contribution is 0.308. The molecule has 1 aromatic carbocycles. The molecule has 2 rings (SSSR count). The molecule has 0 heterocycles. The minimum atomic E-state index is 0.453. The van der Waals surface area contributed by atoms with E-state index in [1.54, 1.807) is 0 Å². The van der Waals surface area contributed by atoms with Gasteiger partial charge in [0.2, 0.25) is 0 Å². The standard InChI is InChI=1S/C16H24N4S2/c1-11-7-9-13(10-8-11)17-15(21)19-20-16(22)18-14-6-4-3-5-12(14)2/h7-10,12,14H,3-6H2,1-2H3,(H2,17,19,21)(H2,18,20,22)/t12-,14+/m1/s1. The first kappa shape index (κ1) is 17.0. The van der Waals surface area contributed by atoms with Crippen molar-refractivity contribution >= 4 is 40.3 Å². The molecular weight excluding hydrogens is 312 g/mol. The Bertz CT molecular complexity index is 515. The first-order valence-corrected chi connectivity index (χ1v) is 8.56. The van der Waals surface area contributed by atoms with Crippen molar-refractivity contribution in [2.75, 3.05) is 5.32 Å². The third-order valence-corrected chi connectivity index (χ3v) is 4.45. The number of hydrazine groups is 1. The zero-order chi connectivity index (χ0) is 15.9. The zero-order valence-corrected chi connectivity index (χ0v) is 14.7. The summed E-state index contributed by atoms with van der Waals surface area (Å²) in [6.45, 7) is 4.33. The molecule has 1 fully saturated rings. The molecule has 4 nitrogen and oxygen atoms in total. The number of hydrogen-bond acceptors (Lipinski definition) is 2. The van der Waals surface area contributed by atoms with Gasteiger partial charge in [0.1, 0.15) is 0 Å². The highest BCUT2D eigenvalue weighted by atomic mass is 32.1. The molecule has 22 heavy (non-hydrogen) atoms. The molecule has 4 N–H and O–H groups in total. The van der Waals surface area contributed by atoms with Crippen molar-refractivity contribution in [3.8, 4) is 0 Å². The van der Waals surface area contributed by atoms with Crippen LogP contribution in [0.2, 0.25) is 0 Å². The Hall–Kier alpha value is -1.40. The van der Waals surface area contributed by atoms with Crippen molar-refractivity contribution in [2.45, 2.75) is 45.6 Å². The smallest absolute Gasteiger partial charge is 0.189 e. The molecule has 2 atom stereocenters. The van der Waals surface area contributed by atoms with Crippen LogP contribution in [0.5, 0.6) is 0 Å². The predicted octanol–water partition coefficient (Wildman–Crippen LogP) is 3.24. The van der Waals surface area contributed by atoms with Gasteiger partial charge in [-0.05, 0) is 62.3 Å². The lowest BCUT2D eigenvalue weighted by Gasteiger charge is -2.30. The molecule has 0 aliphatic heterocycles. The largest absolute Gasteiger partial charge is 0.358 e. The van der Waals surface area contributed by atoms with E-state index < -0.39 is 0 Å². The van der Waals surface area contributed by atoms with Crippen LogP contribution in [0.3, 0.4) is 0 Å². The lowest BCUT2D eigenvalue weighted by atomic mass is 9.86. The highest BCUT2D eigenvalue weighted by molar-refractivity contribution is 7.80. The van der Waals surface area contributed by atoms with Crippen molar-refractivity contribution in [3.63, 3.8) is 0 Å². The summed E-state index contributed by atoms with van der Waals surface area (Å²) in [7, 11) is 0. The average molecular weight is 337 g/mol. The molecule has 0 saturated heterocycles.